The third-order valence-electron chi connectivity index (χ3n) is 4.41. The Morgan fingerprint density at radius 3 is 2.60 bits per heavy atom. The second-order valence-electron chi connectivity index (χ2n) is 6.07. The molecule has 1 N–H and O–H groups in total. The van der Waals surface area contributed by atoms with E-state index in [-0.39, 0.29) is 0 Å². The van der Waals surface area contributed by atoms with E-state index in [1.807, 2.05) is 11.3 Å². The standard InChI is InChI=1S/C17H24N2S/c1-12-7-6-8-13(2)19(12)18-14(3)17-11-15-9-4-5-10-16(15)20-17/h4-5,9-14,18H,6-8H2,1-3H3. The van der Waals surface area contributed by atoms with Gasteiger partial charge in [-0.1, -0.05) is 24.6 Å². The maximum Gasteiger partial charge on any atom is 0.0530 e. The summed E-state index contributed by atoms with van der Waals surface area (Å²) < 4.78 is 1.39. The molecule has 3 atom stereocenters. The summed E-state index contributed by atoms with van der Waals surface area (Å²) in [6.07, 6.45) is 3.96. The van der Waals surface area contributed by atoms with Crippen LogP contribution in [0.4, 0.5) is 0 Å². The Labute approximate surface area is 125 Å². The first-order valence-electron chi connectivity index (χ1n) is 7.68. The van der Waals surface area contributed by atoms with Gasteiger partial charge in [-0.3, -0.25) is 0 Å². The van der Waals surface area contributed by atoms with Gasteiger partial charge in [0.15, 0.2) is 0 Å². The highest BCUT2D eigenvalue weighted by atomic mass is 32.1. The Balaban J connectivity index is 1.76. The van der Waals surface area contributed by atoms with Gasteiger partial charge in [-0.2, -0.15) is 0 Å². The normalized spacial score (nSPS) is 25.9. The van der Waals surface area contributed by atoms with E-state index >= 15 is 0 Å². The van der Waals surface area contributed by atoms with Crippen molar-refractivity contribution in [1.29, 1.82) is 0 Å². The van der Waals surface area contributed by atoms with Crippen LogP contribution in [0, 0.1) is 0 Å². The highest BCUT2D eigenvalue weighted by Crippen LogP contribution is 2.31. The van der Waals surface area contributed by atoms with Gasteiger partial charge in [0.25, 0.3) is 0 Å². The first-order valence-corrected chi connectivity index (χ1v) is 8.50. The molecule has 2 aromatic rings. The van der Waals surface area contributed by atoms with Gasteiger partial charge < -0.3 is 0 Å². The smallest absolute Gasteiger partial charge is 0.0530 e. The van der Waals surface area contributed by atoms with E-state index in [1.165, 1.54) is 34.2 Å². The maximum absolute atomic E-state index is 3.74. The van der Waals surface area contributed by atoms with Crippen LogP contribution in [0.3, 0.4) is 0 Å². The third kappa shape index (κ3) is 2.76. The van der Waals surface area contributed by atoms with E-state index in [0.29, 0.717) is 18.1 Å². The zero-order valence-electron chi connectivity index (χ0n) is 12.6. The Hall–Kier alpha value is -0.900. The Morgan fingerprint density at radius 1 is 1.20 bits per heavy atom. The molecule has 3 rings (SSSR count). The Kier molecular flexibility index (Phi) is 4.11. The minimum atomic E-state index is 0.385. The second kappa shape index (κ2) is 5.84. The third-order valence-corrected chi connectivity index (χ3v) is 5.71. The minimum Gasteiger partial charge on any atom is -0.247 e. The van der Waals surface area contributed by atoms with E-state index in [9.17, 15) is 0 Å². The molecule has 20 heavy (non-hydrogen) atoms. The number of rotatable bonds is 3. The monoisotopic (exact) mass is 288 g/mol. The number of benzene rings is 1. The summed E-state index contributed by atoms with van der Waals surface area (Å²) >= 11 is 1.91. The van der Waals surface area contributed by atoms with Crippen LogP contribution >= 0.6 is 11.3 Å². The quantitative estimate of drug-likeness (QED) is 0.878. The highest BCUT2D eigenvalue weighted by molar-refractivity contribution is 7.19. The first-order chi connectivity index (χ1) is 9.65. The molecule has 3 unspecified atom stereocenters. The number of nitrogens with zero attached hydrogens (tertiary/aromatic N) is 1. The first kappa shape index (κ1) is 14.1. The van der Waals surface area contributed by atoms with Crippen LogP contribution in [0.15, 0.2) is 30.3 Å². The SMILES string of the molecule is CC(NN1C(C)CCCC1C)c1cc2ccccc2s1. The van der Waals surface area contributed by atoms with Crippen LogP contribution in [0.2, 0.25) is 0 Å². The molecule has 0 saturated carbocycles. The summed E-state index contributed by atoms with van der Waals surface area (Å²) in [4.78, 5) is 1.43. The minimum absolute atomic E-state index is 0.385. The molecule has 0 amide bonds. The van der Waals surface area contributed by atoms with Gasteiger partial charge in [0.2, 0.25) is 0 Å². The molecule has 108 valence electrons. The molecule has 0 spiro atoms. The highest BCUT2D eigenvalue weighted by Gasteiger charge is 2.26. The van der Waals surface area contributed by atoms with Gasteiger partial charge in [0.05, 0.1) is 6.04 Å². The number of hydrogen-bond acceptors (Lipinski definition) is 3. The van der Waals surface area contributed by atoms with Crippen LogP contribution in [0.1, 0.15) is 51.0 Å². The summed E-state index contributed by atoms with van der Waals surface area (Å²) in [6, 6.07) is 12.6. The number of piperidine rings is 1. The molecular weight excluding hydrogens is 264 g/mol. The van der Waals surface area contributed by atoms with Crippen molar-refractivity contribution in [1.82, 2.24) is 10.4 Å². The zero-order valence-corrected chi connectivity index (χ0v) is 13.4. The lowest BCUT2D eigenvalue weighted by Gasteiger charge is -2.40. The predicted molar refractivity (Wildman–Crippen MR) is 88.0 cm³/mol. The van der Waals surface area contributed by atoms with Gasteiger partial charge in [-0.25, -0.2) is 10.4 Å². The summed E-state index contributed by atoms with van der Waals surface area (Å²) in [5, 5.41) is 3.83. The summed E-state index contributed by atoms with van der Waals surface area (Å²) in [7, 11) is 0. The van der Waals surface area contributed by atoms with Crippen molar-refractivity contribution < 1.29 is 0 Å². The van der Waals surface area contributed by atoms with Crippen LogP contribution in [-0.4, -0.2) is 17.1 Å². The molecule has 2 nitrogen and oxygen atoms in total. The fourth-order valence-electron chi connectivity index (χ4n) is 3.18. The fraction of sp³-hybridized carbons (Fsp3) is 0.529. The van der Waals surface area contributed by atoms with E-state index in [2.05, 4.69) is 61.5 Å². The molecule has 1 aromatic heterocycles. The van der Waals surface area contributed by atoms with Gasteiger partial charge in [0.1, 0.15) is 0 Å². The average molecular weight is 288 g/mol. The lowest BCUT2D eigenvalue weighted by Crippen LogP contribution is -2.52. The number of fused-ring (bicyclic) bond motifs is 1. The maximum atomic E-state index is 3.74. The zero-order chi connectivity index (χ0) is 14.1. The van der Waals surface area contributed by atoms with Gasteiger partial charge in [-0.15, -0.1) is 11.3 Å². The van der Waals surface area contributed by atoms with Crippen molar-refractivity contribution in [2.24, 2.45) is 0 Å². The van der Waals surface area contributed by atoms with Crippen molar-refractivity contribution >= 4 is 21.4 Å². The topological polar surface area (TPSA) is 15.3 Å². The predicted octanol–water partition coefficient (Wildman–Crippen LogP) is 4.73. The summed E-state index contributed by atoms with van der Waals surface area (Å²) in [5.74, 6) is 0. The Morgan fingerprint density at radius 2 is 1.90 bits per heavy atom. The van der Waals surface area contributed by atoms with Crippen molar-refractivity contribution in [3.05, 3.63) is 35.2 Å². The summed E-state index contributed by atoms with van der Waals surface area (Å²) in [5.41, 5.74) is 3.74. The van der Waals surface area contributed by atoms with Gasteiger partial charge >= 0.3 is 0 Å². The van der Waals surface area contributed by atoms with E-state index in [0.717, 1.165) is 0 Å². The fourth-order valence-corrected chi connectivity index (χ4v) is 4.24. The van der Waals surface area contributed by atoms with Gasteiger partial charge in [0, 0.05) is 21.7 Å². The molecular formula is C17H24N2S. The van der Waals surface area contributed by atoms with Crippen molar-refractivity contribution in [2.75, 3.05) is 0 Å². The molecule has 1 saturated heterocycles. The molecule has 2 heterocycles. The van der Waals surface area contributed by atoms with Crippen LogP contribution in [0.25, 0.3) is 10.1 Å². The van der Waals surface area contributed by atoms with Crippen molar-refractivity contribution in [3.8, 4) is 0 Å². The number of nitrogens with one attached hydrogen (secondary N) is 1. The molecule has 1 aliphatic heterocycles. The van der Waals surface area contributed by atoms with Crippen LogP contribution in [0.5, 0.6) is 0 Å². The average Bonchev–Trinajstić information content (AvgIpc) is 2.87. The summed E-state index contributed by atoms with van der Waals surface area (Å²) in [6.45, 7) is 6.94. The van der Waals surface area contributed by atoms with Crippen LogP contribution in [-0.2, 0) is 0 Å². The number of thiophene rings is 1. The lowest BCUT2D eigenvalue weighted by atomic mass is 10.00. The molecule has 0 radical (unpaired) electrons. The molecule has 0 bridgehead atoms. The van der Waals surface area contributed by atoms with E-state index < -0.39 is 0 Å². The van der Waals surface area contributed by atoms with Crippen molar-refractivity contribution in [3.63, 3.8) is 0 Å². The second-order valence-corrected chi connectivity index (χ2v) is 7.19. The molecule has 1 aromatic carbocycles. The molecule has 0 aliphatic carbocycles. The van der Waals surface area contributed by atoms with Gasteiger partial charge in [-0.05, 0) is 51.1 Å². The lowest BCUT2D eigenvalue weighted by molar-refractivity contribution is 0.0326. The van der Waals surface area contributed by atoms with Crippen LogP contribution < -0.4 is 5.43 Å². The number of hydrogen-bond donors (Lipinski definition) is 1. The largest absolute Gasteiger partial charge is 0.247 e. The molecule has 1 aliphatic rings. The molecule has 3 heteroatoms. The van der Waals surface area contributed by atoms with E-state index in [1.54, 1.807) is 0 Å². The Bertz CT molecular complexity index is 534. The molecule has 1 fully saturated rings. The number of hydrazine groups is 1. The van der Waals surface area contributed by atoms with Crippen molar-refractivity contribution in [2.45, 2.75) is 58.2 Å². The van der Waals surface area contributed by atoms with E-state index in [4.69, 9.17) is 0 Å².